The highest BCUT2D eigenvalue weighted by Crippen LogP contribution is 2.40. The molecule has 0 aromatic carbocycles. The van der Waals surface area contributed by atoms with Gasteiger partial charge in [0.2, 0.25) is 0 Å². The van der Waals surface area contributed by atoms with E-state index in [1.54, 1.807) is 17.5 Å². The maximum atomic E-state index is 12.3. The van der Waals surface area contributed by atoms with Crippen LogP contribution in [0.25, 0.3) is 0 Å². The Balaban J connectivity index is 1.74. The molecule has 6 nitrogen and oxygen atoms in total. The van der Waals surface area contributed by atoms with Gasteiger partial charge in [-0.3, -0.25) is 0 Å². The minimum absolute atomic E-state index is 0.110. The normalized spacial score (nSPS) is 15.4. The van der Waals surface area contributed by atoms with E-state index < -0.39 is 9.84 Å². The standard InChI is InChI=1S/C11H14N4O2S3/c12-10-9(20(16,17)7-1-2-7)11(19-15-10)14-4-3-8-13-5-6-18-8/h5-7,14H,1-4H2,(H2,12,15). The van der Waals surface area contributed by atoms with Crippen molar-refractivity contribution in [2.24, 2.45) is 0 Å². The minimum atomic E-state index is -3.32. The van der Waals surface area contributed by atoms with Crippen LogP contribution in [0.15, 0.2) is 16.5 Å². The van der Waals surface area contributed by atoms with Crippen molar-refractivity contribution in [3.8, 4) is 0 Å². The van der Waals surface area contributed by atoms with Gasteiger partial charge in [0.25, 0.3) is 0 Å². The largest absolute Gasteiger partial charge is 0.382 e. The van der Waals surface area contributed by atoms with Crippen LogP contribution in [0.2, 0.25) is 0 Å². The third-order valence-corrected chi connectivity index (χ3v) is 7.15. The molecule has 0 bridgehead atoms. The van der Waals surface area contributed by atoms with Gasteiger partial charge < -0.3 is 11.1 Å². The third kappa shape index (κ3) is 2.65. The van der Waals surface area contributed by atoms with Crippen LogP contribution in [0.5, 0.6) is 0 Å². The Kier molecular flexibility index (Phi) is 3.65. The molecule has 0 unspecified atom stereocenters. The van der Waals surface area contributed by atoms with E-state index in [1.165, 1.54) is 0 Å². The Bertz CT molecular complexity index is 689. The summed E-state index contributed by atoms with van der Waals surface area (Å²) in [7, 11) is -3.32. The van der Waals surface area contributed by atoms with Gasteiger partial charge in [-0.2, -0.15) is 4.37 Å². The average molecular weight is 330 g/mol. The molecule has 0 atom stereocenters. The number of nitrogens with two attached hydrogens (primary N) is 1. The van der Waals surface area contributed by atoms with Crippen LogP contribution in [0.4, 0.5) is 10.8 Å². The topological polar surface area (TPSA) is 98.0 Å². The zero-order chi connectivity index (χ0) is 14.2. The van der Waals surface area contributed by atoms with E-state index in [-0.39, 0.29) is 16.0 Å². The van der Waals surface area contributed by atoms with E-state index in [2.05, 4.69) is 14.7 Å². The van der Waals surface area contributed by atoms with Crippen LogP contribution < -0.4 is 11.1 Å². The molecule has 2 aromatic rings. The Morgan fingerprint density at radius 2 is 2.25 bits per heavy atom. The lowest BCUT2D eigenvalue weighted by Crippen LogP contribution is -2.12. The summed E-state index contributed by atoms with van der Waals surface area (Å²) in [6.45, 7) is 0.613. The highest BCUT2D eigenvalue weighted by molar-refractivity contribution is 7.92. The van der Waals surface area contributed by atoms with Crippen molar-refractivity contribution in [1.29, 1.82) is 0 Å². The number of sulfone groups is 1. The predicted octanol–water partition coefficient (Wildman–Crippen LogP) is 1.77. The van der Waals surface area contributed by atoms with Gasteiger partial charge in [-0.05, 0) is 24.4 Å². The first-order valence-corrected chi connectivity index (χ1v) is 9.40. The van der Waals surface area contributed by atoms with Crippen molar-refractivity contribution in [3.63, 3.8) is 0 Å². The van der Waals surface area contributed by atoms with Gasteiger partial charge in [-0.25, -0.2) is 13.4 Å². The molecule has 2 aromatic heterocycles. The van der Waals surface area contributed by atoms with Gasteiger partial charge in [0.1, 0.15) is 9.90 Å². The number of nitrogen functional groups attached to an aromatic ring is 1. The maximum Gasteiger partial charge on any atom is 0.187 e. The van der Waals surface area contributed by atoms with Gasteiger partial charge in [-0.15, -0.1) is 11.3 Å². The lowest BCUT2D eigenvalue weighted by atomic mass is 10.4. The van der Waals surface area contributed by atoms with E-state index >= 15 is 0 Å². The summed E-state index contributed by atoms with van der Waals surface area (Å²) in [6, 6.07) is 0. The van der Waals surface area contributed by atoms with Crippen LogP contribution in [-0.4, -0.2) is 29.6 Å². The van der Waals surface area contributed by atoms with E-state index in [0.29, 0.717) is 11.5 Å². The quantitative estimate of drug-likeness (QED) is 0.837. The van der Waals surface area contributed by atoms with Crippen LogP contribution in [0, 0.1) is 0 Å². The summed E-state index contributed by atoms with van der Waals surface area (Å²) in [5, 5.41) is 6.33. The molecular formula is C11H14N4O2S3. The molecule has 9 heteroatoms. The zero-order valence-corrected chi connectivity index (χ0v) is 13.0. The highest BCUT2D eigenvalue weighted by Gasteiger charge is 2.40. The van der Waals surface area contributed by atoms with Crippen LogP contribution in [0.1, 0.15) is 17.8 Å². The summed E-state index contributed by atoms with van der Waals surface area (Å²) in [4.78, 5) is 4.37. The van der Waals surface area contributed by atoms with Crippen molar-refractivity contribution in [1.82, 2.24) is 9.36 Å². The van der Waals surface area contributed by atoms with Crippen molar-refractivity contribution in [3.05, 3.63) is 16.6 Å². The number of rotatable bonds is 6. The lowest BCUT2D eigenvalue weighted by molar-refractivity contribution is 0.595. The Hall–Kier alpha value is -1.19. The SMILES string of the molecule is Nc1nsc(NCCc2nccs2)c1S(=O)(=O)C1CC1. The molecule has 1 aliphatic rings. The Morgan fingerprint density at radius 3 is 2.90 bits per heavy atom. The van der Waals surface area contributed by atoms with Gasteiger partial charge in [0.05, 0.1) is 10.3 Å². The summed E-state index contributed by atoms with van der Waals surface area (Å²) in [6.07, 6.45) is 3.94. The summed E-state index contributed by atoms with van der Waals surface area (Å²) < 4.78 is 28.6. The lowest BCUT2D eigenvalue weighted by Gasteiger charge is -2.06. The molecule has 1 fully saturated rings. The number of thiazole rings is 1. The van der Waals surface area contributed by atoms with E-state index in [0.717, 1.165) is 35.8 Å². The maximum absolute atomic E-state index is 12.3. The second-order valence-electron chi connectivity index (χ2n) is 4.57. The molecule has 108 valence electrons. The smallest absolute Gasteiger partial charge is 0.187 e. The fraction of sp³-hybridized carbons (Fsp3) is 0.455. The molecule has 3 N–H and O–H groups in total. The predicted molar refractivity (Wildman–Crippen MR) is 81.0 cm³/mol. The molecular weight excluding hydrogens is 316 g/mol. The molecule has 0 spiro atoms. The molecule has 1 aliphatic carbocycles. The second-order valence-corrected chi connectivity index (χ2v) is 8.49. The number of aromatic nitrogens is 2. The fourth-order valence-corrected chi connectivity index (χ4v) is 5.42. The molecule has 1 saturated carbocycles. The number of hydrogen-bond acceptors (Lipinski definition) is 8. The minimum Gasteiger partial charge on any atom is -0.382 e. The van der Waals surface area contributed by atoms with Crippen molar-refractivity contribution >= 4 is 43.5 Å². The van der Waals surface area contributed by atoms with Crippen LogP contribution in [0.3, 0.4) is 0 Å². The second kappa shape index (κ2) is 5.30. The molecule has 0 radical (unpaired) electrons. The van der Waals surface area contributed by atoms with E-state index in [1.807, 2.05) is 5.38 Å². The highest BCUT2D eigenvalue weighted by atomic mass is 32.2. The number of hydrogen-bond donors (Lipinski definition) is 2. The molecule has 20 heavy (non-hydrogen) atoms. The first kappa shape index (κ1) is 13.8. The summed E-state index contributed by atoms with van der Waals surface area (Å²) in [5.74, 6) is 0.110. The Morgan fingerprint density at radius 1 is 1.45 bits per heavy atom. The van der Waals surface area contributed by atoms with Crippen molar-refractivity contribution in [2.75, 3.05) is 17.6 Å². The Labute approximate surface area is 125 Å². The number of nitrogens with zero attached hydrogens (tertiary/aromatic N) is 2. The van der Waals surface area contributed by atoms with E-state index in [9.17, 15) is 8.42 Å². The monoisotopic (exact) mass is 330 g/mol. The zero-order valence-electron chi connectivity index (χ0n) is 10.6. The van der Waals surface area contributed by atoms with Gasteiger partial charge in [-0.1, -0.05) is 0 Å². The molecule has 0 amide bonds. The van der Waals surface area contributed by atoms with Gasteiger partial charge >= 0.3 is 0 Å². The third-order valence-electron chi connectivity index (χ3n) is 3.03. The molecule has 0 aliphatic heterocycles. The number of anilines is 2. The average Bonchev–Trinajstić information content (AvgIpc) is 3.03. The molecule has 0 saturated heterocycles. The molecule has 2 heterocycles. The number of nitrogens with one attached hydrogen (secondary N) is 1. The fourth-order valence-electron chi connectivity index (χ4n) is 1.89. The van der Waals surface area contributed by atoms with Crippen molar-refractivity contribution in [2.45, 2.75) is 29.4 Å². The summed E-state index contributed by atoms with van der Waals surface area (Å²) in [5.41, 5.74) is 5.73. The van der Waals surface area contributed by atoms with E-state index in [4.69, 9.17) is 5.73 Å². The van der Waals surface area contributed by atoms with Crippen LogP contribution in [-0.2, 0) is 16.3 Å². The van der Waals surface area contributed by atoms with Crippen molar-refractivity contribution < 1.29 is 8.42 Å². The molecule has 3 rings (SSSR count). The van der Waals surface area contributed by atoms with Crippen LogP contribution >= 0.6 is 22.9 Å². The first-order chi connectivity index (χ1) is 9.59. The first-order valence-electron chi connectivity index (χ1n) is 6.20. The summed E-state index contributed by atoms with van der Waals surface area (Å²) >= 11 is 2.68. The van der Waals surface area contributed by atoms with Gasteiger partial charge in [0, 0.05) is 24.5 Å². The van der Waals surface area contributed by atoms with Gasteiger partial charge in [0.15, 0.2) is 15.7 Å².